The molecule has 0 bridgehead atoms. The van der Waals surface area contributed by atoms with Gasteiger partial charge in [0.2, 0.25) is 0 Å². The topological polar surface area (TPSA) is 89.6 Å². The highest BCUT2D eigenvalue weighted by atomic mass is 32.2. The van der Waals surface area contributed by atoms with Crippen molar-refractivity contribution in [1.29, 1.82) is 0 Å². The minimum absolute atomic E-state index is 0.267. The van der Waals surface area contributed by atoms with Crippen LogP contribution in [0.5, 0.6) is 0 Å². The molecule has 0 fully saturated rings. The van der Waals surface area contributed by atoms with Crippen molar-refractivity contribution in [3.05, 3.63) is 48.5 Å². The molecule has 5 nitrogen and oxygen atoms in total. The number of hydrogen-bond acceptors (Lipinski definition) is 5. The van der Waals surface area contributed by atoms with E-state index in [1.165, 1.54) is 24.9 Å². The van der Waals surface area contributed by atoms with Gasteiger partial charge in [-0.1, -0.05) is 48.5 Å². The maximum atomic E-state index is 10.2. The van der Waals surface area contributed by atoms with E-state index in [2.05, 4.69) is 71.2 Å². The standard InChI is InChI=1S/C10H8.C5H10O4S2.CH5N/c1-2-6-10-8-4-3-7-9(10)5-1;1-9-5(10)3-2-4-11(6,7)8;1-2/h1-8H;2-4H2,1H3,(H,6,7,8);2H2,1H3. The number of thiocarbonyl (C=S) groups is 1. The molecule has 7 heteroatoms. The van der Waals surface area contributed by atoms with Gasteiger partial charge < -0.3 is 10.5 Å². The highest BCUT2D eigenvalue weighted by molar-refractivity contribution is 7.85. The molecule has 0 heterocycles. The fourth-order valence-corrected chi connectivity index (χ4v) is 2.29. The van der Waals surface area contributed by atoms with Gasteiger partial charge in [0.1, 0.15) is 0 Å². The molecular weight excluding hydrogens is 334 g/mol. The largest absolute Gasteiger partial charge is 0.490 e. The number of nitrogens with two attached hydrogens (primary N) is 1. The molecule has 23 heavy (non-hydrogen) atoms. The first-order valence-electron chi connectivity index (χ1n) is 6.96. The van der Waals surface area contributed by atoms with Crippen LogP contribution in [0.15, 0.2) is 48.5 Å². The minimum atomic E-state index is -3.84. The first-order chi connectivity index (χ1) is 10.9. The second kappa shape index (κ2) is 12.0. The van der Waals surface area contributed by atoms with E-state index in [-0.39, 0.29) is 5.75 Å². The van der Waals surface area contributed by atoms with Gasteiger partial charge >= 0.3 is 0 Å². The van der Waals surface area contributed by atoms with Gasteiger partial charge in [0.25, 0.3) is 10.1 Å². The molecule has 0 spiro atoms. The van der Waals surface area contributed by atoms with Gasteiger partial charge in [0.15, 0.2) is 5.05 Å². The van der Waals surface area contributed by atoms with Gasteiger partial charge in [-0.05, 0) is 36.5 Å². The highest BCUT2D eigenvalue weighted by Crippen LogP contribution is 2.11. The Labute approximate surface area is 143 Å². The van der Waals surface area contributed by atoms with Gasteiger partial charge in [0, 0.05) is 6.42 Å². The number of benzene rings is 2. The third-order valence-corrected chi connectivity index (χ3v) is 3.84. The average Bonchev–Trinajstić information content (AvgIpc) is 2.56. The van der Waals surface area contributed by atoms with E-state index in [4.69, 9.17) is 4.55 Å². The summed E-state index contributed by atoms with van der Waals surface area (Å²) in [5, 5.41) is 2.98. The number of hydrogen-bond donors (Lipinski definition) is 2. The molecular formula is C16H23NO4S2. The smallest absolute Gasteiger partial charge is 0.264 e. The summed E-state index contributed by atoms with van der Waals surface area (Å²) in [4.78, 5) is 0. The van der Waals surface area contributed by atoms with Crippen LogP contribution < -0.4 is 5.73 Å². The summed E-state index contributed by atoms with van der Waals surface area (Å²) in [6.07, 6.45) is 0.678. The lowest BCUT2D eigenvalue weighted by Gasteiger charge is -1.99. The van der Waals surface area contributed by atoms with Crippen LogP contribution in [0.1, 0.15) is 12.8 Å². The number of fused-ring (bicyclic) bond motifs is 1. The second-order valence-corrected chi connectivity index (χ2v) is 6.34. The minimum Gasteiger partial charge on any atom is -0.490 e. The fraction of sp³-hybridized carbons (Fsp3) is 0.312. The van der Waals surface area contributed by atoms with Crippen LogP contribution in [-0.4, -0.2) is 37.9 Å². The van der Waals surface area contributed by atoms with E-state index >= 15 is 0 Å². The number of rotatable bonds is 4. The molecule has 0 aliphatic heterocycles. The van der Waals surface area contributed by atoms with Gasteiger partial charge in [-0.25, -0.2) is 0 Å². The quantitative estimate of drug-likeness (QED) is 0.646. The van der Waals surface area contributed by atoms with E-state index in [1.54, 1.807) is 0 Å². The van der Waals surface area contributed by atoms with Gasteiger partial charge in [0.05, 0.1) is 12.9 Å². The first-order valence-corrected chi connectivity index (χ1v) is 8.97. The monoisotopic (exact) mass is 357 g/mol. The highest BCUT2D eigenvalue weighted by Gasteiger charge is 2.04. The second-order valence-electron chi connectivity index (χ2n) is 4.31. The molecule has 0 atom stereocenters. The SMILES string of the molecule is CN.COC(=S)CCCS(=O)(=O)O.c1ccc2ccccc2c1. The molecule has 0 amide bonds. The predicted molar refractivity (Wildman–Crippen MR) is 99.3 cm³/mol. The van der Waals surface area contributed by atoms with Crippen molar-refractivity contribution in [2.24, 2.45) is 5.73 Å². The lowest BCUT2D eigenvalue weighted by Crippen LogP contribution is -2.06. The molecule has 3 N–H and O–H groups in total. The Bertz CT molecular complexity index is 622. The van der Waals surface area contributed by atoms with Gasteiger partial charge in [-0.15, -0.1) is 0 Å². The van der Waals surface area contributed by atoms with E-state index in [0.717, 1.165) is 0 Å². The summed E-state index contributed by atoms with van der Waals surface area (Å²) in [5.74, 6) is -0.267. The summed E-state index contributed by atoms with van der Waals surface area (Å²) in [6.45, 7) is 0. The molecule has 2 aromatic rings. The molecule has 0 unspecified atom stereocenters. The van der Waals surface area contributed by atoms with Gasteiger partial charge in [-0.3, -0.25) is 4.55 Å². The Morgan fingerprint density at radius 2 is 1.48 bits per heavy atom. The zero-order valence-electron chi connectivity index (χ0n) is 13.3. The Hall–Kier alpha value is -1.54. The van der Waals surface area contributed by atoms with Gasteiger partial charge in [-0.2, -0.15) is 8.42 Å². The number of methoxy groups -OCH3 is 1. The molecule has 0 aliphatic carbocycles. The van der Waals surface area contributed by atoms with Crippen molar-refractivity contribution in [3.8, 4) is 0 Å². The van der Waals surface area contributed by atoms with Crippen LogP contribution in [0.3, 0.4) is 0 Å². The molecule has 0 saturated carbocycles. The maximum Gasteiger partial charge on any atom is 0.264 e. The third-order valence-electron chi connectivity index (χ3n) is 2.67. The van der Waals surface area contributed by atoms with E-state index in [0.29, 0.717) is 17.9 Å². The molecule has 0 radical (unpaired) electrons. The molecule has 0 aliphatic rings. The maximum absolute atomic E-state index is 10.2. The molecule has 128 valence electrons. The predicted octanol–water partition coefficient (Wildman–Crippen LogP) is 3.04. The summed E-state index contributed by atoms with van der Waals surface area (Å²) < 4.78 is 33.3. The van der Waals surface area contributed by atoms with Crippen molar-refractivity contribution in [2.45, 2.75) is 12.8 Å². The van der Waals surface area contributed by atoms with Crippen molar-refractivity contribution < 1.29 is 17.7 Å². The van der Waals surface area contributed by atoms with E-state index in [1.807, 2.05) is 0 Å². The van der Waals surface area contributed by atoms with Crippen LogP contribution in [0, 0.1) is 0 Å². The average molecular weight is 357 g/mol. The molecule has 0 aromatic heterocycles. The zero-order valence-corrected chi connectivity index (χ0v) is 14.9. The summed E-state index contributed by atoms with van der Waals surface area (Å²) in [5.41, 5.74) is 4.50. The fourth-order valence-electron chi connectivity index (χ4n) is 1.63. The van der Waals surface area contributed by atoms with Crippen LogP contribution in [0.2, 0.25) is 0 Å². The Balaban J connectivity index is 0.000000380. The van der Waals surface area contributed by atoms with Crippen LogP contribution in [0.4, 0.5) is 0 Å². The van der Waals surface area contributed by atoms with Crippen LogP contribution >= 0.6 is 12.2 Å². The normalized spacial score (nSPS) is 9.91. The number of ether oxygens (including phenoxy) is 1. The first kappa shape index (κ1) is 21.5. The Morgan fingerprint density at radius 1 is 1.09 bits per heavy atom. The van der Waals surface area contributed by atoms with Crippen molar-refractivity contribution in [3.63, 3.8) is 0 Å². The lowest BCUT2D eigenvalue weighted by atomic mass is 10.1. The zero-order chi connectivity index (χ0) is 17.7. The third kappa shape index (κ3) is 10.8. The lowest BCUT2D eigenvalue weighted by molar-refractivity contribution is 0.401. The summed E-state index contributed by atoms with van der Waals surface area (Å²) in [7, 11) is -0.917. The molecule has 0 saturated heterocycles. The van der Waals surface area contributed by atoms with Crippen LogP contribution in [-0.2, 0) is 14.9 Å². The molecule has 2 rings (SSSR count). The summed E-state index contributed by atoms with van der Waals surface area (Å²) >= 11 is 4.64. The van der Waals surface area contributed by atoms with Crippen molar-refractivity contribution >= 4 is 38.2 Å². The van der Waals surface area contributed by atoms with E-state index < -0.39 is 10.1 Å². The van der Waals surface area contributed by atoms with Crippen molar-refractivity contribution in [2.75, 3.05) is 19.9 Å². The summed E-state index contributed by atoms with van der Waals surface area (Å²) in [6, 6.07) is 16.7. The molecule has 2 aromatic carbocycles. The Kier molecular flexibility index (Phi) is 11.2. The van der Waals surface area contributed by atoms with Crippen LogP contribution in [0.25, 0.3) is 10.8 Å². The van der Waals surface area contributed by atoms with Crippen molar-refractivity contribution in [1.82, 2.24) is 0 Å². The Morgan fingerprint density at radius 3 is 1.78 bits per heavy atom. The van der Waals surface area contributed by atoms with E-state index in [9.17, 15) is 8.42 Å².